The fraction of sp³-hybridized carbons (Fsp3) is 0.250. The Labute approximate surface area is 177 Å². The van der Waals surface area contributed by atoms with Gasteiger partial charge in [0.05, 0.1) is 12.0 Å². The molecule has 150 valence electrons. The van der Waals surface area contributed by atoms with Crippen LogP contribution in [-0.2, 0) is 10.5 Å². The van der Waals surface area contributed by atoms with Crippen molar-refractivity contribution in [3.8, 4) is 5.69 Å². The van der Waals surface area contributed by atoms with Crippen LogP contribution in [-0.4, -0.2) is 22.4 Å². The van der Waals surface area contributed by atoms with Gasteiger partial charge >= 0.3 is 0 Å². The predicted molar refractivity (Wildman–Crippen MR) is 123 cm³/mol. The molecule has 0 saturated carbocycles. The number of amides is 1. The average Bonchev–Trinajstić information content (AvgIpc) is 2.96. The van der Waals surface area contributed by atoms with Crippen molar-refractivity contribution in [2.45, 2.75) is 33.4 Å². The van der Waals surface area contributed by atoms with Gasteiger partial charge in [0.15, 0.2) is 0 Å². The number of carbonyl (C=O) groups excluding carboxylic acids is 1. The van der Waals surface area contributed by atoms with Gasteiger partial charge < -0.3 is 4.57 Å². The van der Waals surface area contributed by atoms with Crippen LogP contribution in [0.4, 0.5) is 0 Å². The molecular weight excluding hydrogens is 378 g/mol. The standard InChI is InChI=1S/C24H27N3OS/c1-17-10-11-23(18(2)12-17)27-19(3)13-22(20(27)4)14-25-26-24(28)16-29-15-21-8-6-5-7-9-21/h5-14H,15-16H2,1-4H3,(H,26,28)/b25-14+. The lowest BCUT2D eigenvalue weighted by atomic mass is 10.1. The molecule has 0 fully saturated rings. The fourth-order valence-corrected chi connectivity index (χ4v) is 4.17. The summed E-state index contributed by atoms with van der Waals surface area (Å²) in [6.07, 6.45) is 1.72. The maximum Gasteiger partial charge on any atom is 0.250 e. The van der Waals surface area contributed by atoms with Crippen molar-refractivity contribution < 1.29 is 4.79 Å². The van der Waals surface area contributed by atoms with E-state index in [1.807, 2.05) is 18.2 Å². The van der Waals surface area contributed by atoms with Gasteiger partial charge in [-0.15, -0.1) is 11.8 Å². The molecule has 0 aliphatic heterocycles. The summed E-state index contributed by atoms with van der Waals surface area (Å²) in [5, 5.41) is 4.16. The van der Waals surface area contributed by atoms with Crippen LogP contribution in [0.5, 0.6) is 0 Å². The van der Waals surface area contributed by atoms with Crippen LogP contribution in [0, 0.1) is 27.7 Å². The van der Waals surface area contributed by atoms with E-state index >= 15 is 0 Å². The van der Waals surface area contributed by atoms with Crippen molar-refractivity contribution >= 4 is 23.9 Å². The van der Waals surface area contributed by atoms with Gasteiger partial charge in [0.1, 0.15) is 0 Å². The summed E-state index contributed by atoms with van der Waals surface area (Å²) in [6, 6.07) is 18.7. The van der Waals surface area contributed by atoms with Crippen molar-refractivity contribution in [2.75, 3.05) is 5.75 Å². The molecule has 1 amide bonds. The fourth-order valence-electron chi connectivity index (χ4n) is 3.39. The molecule has 0 unspecified atom stereocenters. The number of carbonyl (C=O) groups is 1. The molecule has 0 aliphatic carbocycles. The zero-order valence-electron chi connectivity index (χ0n) is 17.4. The smallest absolute Gasteiger partial charge is 0.250 e. The Morgan fingerprint density at radius 3 is 2.55 bits per heavy atom. The first-order chi connectivity index (χ1) is 14.0. The number of hydrazone groups is 1. The Morgan fingerprint density at radius 1 is 1.07 bits per heavy atom. The van der Waals surface area contributed by atoms with Gasteiger partial charge in [0, 0.05) is 28.4 Å². The lowest BCUT2D eigenvalue weighted by molar-refractivity contribution is -0.118. The van der Waals surface area contributed by atoms with E-state index < -0.39 is 0 Å². The van der Waals surface area contributed by atoms with Crippen molar-refractivity contribution in [1.82, 2.24) is 9.99 Å². The zero-order valence-corrected chi connectivity index (χ0v) is 18.2. The van der Waals surface area contributed by atoms with Gasteiger partial charge in [0.25, 0.3) is 0 Å². The second-order valence-electron chi connectivity index (χ2n) is 7.22. The molecule has 5 heteroatoms. The van der Waals surface area contributed by atoms with Crippen molar-refractivity contribution in [3.05, 3.63) is 88.2 Å². The van der Waals surface area contributed by atoms with E-state index in [4.69, 9.17) is 0 Å². The van der Waals surface area contributed by atoms with E-state index in [-0.39, 0.29) is 5.91 Å². The van der Waals surface area contributed by atoms with Crippen LogP contribution >= 0.6 is 11.8 Å². The van der Waals surface area contributed by atoms with Gasteiger partial charge in [-0.1, -0.05) is 48.0 Å². The van der Waals surface area contributed by atoms with Crippen LogP contribution in [0.3, 0.4) is 0 Å². The molecule has 1 heterocycles. The molecule has 2 aromatic carbocycles. The normalized spacial score (nSPS) is 11.2. The zero-order chi connectivity index (χ0) is 20.8. The molecule has 0 saturated heterocycles. The summed E-state index contributed by atoms with van der Waals surface area (Å²) < 4.78 is 2.23. The molecule has 3 rings (SSSR count). The number of rotatable bonds is 7. The number of hydrogen-bond donors (Lipinski definition) is 1. The predicted octanol–water partition coefficient (Wildman–Crippen LogP) is 5.09. The van der Waals surface area contributed by atoms with Crippen LogP contribution in [0.15, 0.2) is 59.7 Å². The third kappa shape index (κ3) is 5.39. The minimum absolute atomic E-state index is 0.0923. The molecule has 29 heavy (non-hydrogen) atoms. The lowest BCUT2D eigenvalue weighted by Gasteiger charge is -2.13. The first-order valence-corrected chi connectivity index (χ1v) is 10.8. The average molecular weight is 406 g/mol. The third-order valence-corrected chi connectivity index (χ3v) is 5.80. The first-order valence-electron chi connectivity index (χ1n) is 9.66. The van der Waals surface area contributed by atoms with E-state index in [1.165, 1.54) is 22.4 Å². The first kappa shape index (κ1) is 20.9. The molecule has 1 N–H and O–H groups in total. The van der Waals surface area contributed by atoms with Crippen LogP contribution in [0.2, 0.25) is 0 Å². The molecule has 3 aromatic rings. The molecule has 0 spiro atoms. The third-order valence-electron chi connectivity index (χ3n) is 4.80. The summed E-state index contributed by atoms with van der Waals surface area (Å²) in [7, 11) is 0. The highest BCUT2D eigenvalue weighted by Crippen LogP contribution is 2.23. The highest BCUT2D eigenvalue weighted by molar-refractivity contribution is 7.99. The molecule has 0 bridgehead atoms. The molecule has 0 radical (unpaired) electrons. The SMILES string of the molecule is Cc1ccc(-n2c(C)cc(/C=N/NC(=O)CSCc3ccccc3)c2C)c(C)c1. The summed E-state index contributed by atoms with van der Waals surface area (Å²) >= 11 is 1.58. The number of thioether (sulfide) groups is 1. The molecule has 4 nitrogen and oxygen atoms in total. The van der Waals surface area contributed by atoms with Crippen molar-refractivity contribution in [1.29, 1.82) is 0 Å². The number of hydrogen-bond acceptors (Lipinski definition) is 3. The van der Waals surface area contributed by atoms with E-state index in [1.54, 1.807) is 18.0 Å². The molecule has 1 aromatic heterocycles. The maximum atomic E-state index is 12.0. The van der Waals surface area contributed by atoms with E-state index in [0.29, 0.717) is 5.75 Å². The van der Waals surface area contributed by atoms with Crippen molar-refractivity contribution in [2.24, 2.45) is 5.10 Å². The number of aryl methyl sites for hydroxylation is 3. The van der Waals surface area contributed by atoms with Gasteiger partial charge in [-0.05, 0) is 51.0 Å². The summed E-state index contributed by atoms with van der Waals surface area (Å²) in [5.74, 6) is 1.11. The van der Waals surface area contributed by atoms with Gasteiger partial charge in [-0.2, -0.15) is 5.10 Å². The van der Waals surface area contributed by atoms with Crippen LogP contribution in [0.1, 0.15) is 33.6 Å². The Balaban J connectivity index is 1.60. The quantitative estimate of drug-likeness (QED) is 0.439. The van der Waals surface area contributed by atoms with Gasteiger partial charge in [-0.25, -0.2) is 5.43 Å². The monoisotopic (exact) mass is 405 g/mol. The van der Waals surface area contributed by atoms with Crippen molar-refractivity contribution in [3.63, 3.8) is 0 Å². The van der Waals surface area contributed by atoms with Gasteiger partial charge in [-0.3, -0.25) is 4.79 Å². The molecule has 0 aliphatic rings. The highest BCUT2D eigenvalue weighted by atomic mass is 32.2. The summed E-state index contributed by atoms with van der Waals surface area (Å²) in [5.41, 5.74) is 10.8. The Hall–Kier alpha value is -2.79. The second kappa shape index (κ2) is 9.61. The Kier molecular flexibility index (Phi) is 6.94. The van der Waals surface area contributed by atoms with E-state index in [0.717, 1.165) is 22.7 Å². The largest absolute Gasteiger partial charge is 0.318 e. The molecule has 0 atom stereocenters. The molecular formula is C24H27N3OS. The topological polar surface area (TPSA) is 46.4 Å². The van der Waals surface area contributed by atoms with Crippen LogP contribution < -0.4 is 5.43 Å². The van der Waals surface area contributed by atoms with E-state index in [2.05, 4.69) is 79.2 Å². The number of aromatic nitrogens is 1. The Morgan fingerprint density at radius 2 is 1.83 bits per heavy atom. The highest BCUT2D eigenvalue weighted by Gasteiger charge is 2.11. The number of nitrogens with zero attached hydrogens (tertiary/aromatic N) is 2. The summed E-state index contributed by atoms with van der Waals surface area (Å²) in [6.45, 7) is 8.39. The maximum absolute atomic E-state index is 12.0. The minimum Gasteiger partial charge on any atom is -0.318 e. The minimum atomic E-state index is -0.0923. The van der Waals surface area contributed by atoms with E-state index in [9.17, 15) is 4.79 Å². The lowest BCUT2D eigenvalue weighted by Crippen LogP contribution is -2.19. The second-order valence-corrected chi connectivity index (χ2v) is 8.21. The van der Waals surface area contributed by atoms with Gasteiger partial charge in [0.2, 0.25) is 5.91 Å². The number of benzene rings is 2. The number of nitrogens with one attached hydrogen (secondary N) is 1. The Bertz CT molecular complexity index is 1020. The summed E-state index contributed by atoms with van der Waals surface area (Å²) in [4.78, 5) is 12.0. The van der Waals surface area contributed by atoms with Crippen LogP contribution in [0.25, 0.3) is 5.69 Å².